The zero-order valence-electron chi connectivity index (χ0n) is 19.4. The summed E-state index contributed by atoms with van der Waals surface area (Å²) in [5.41, 5.74) is 3.06. The molecule has 0 fully saturated rings. The lowest BCUT2D eigenvalue weighted by Gasteiger charge is -2.26. The lowest BCUT2D eigenvalue weighted by Crippen LogP contribution is -2.41. The van der Waals surface area contributed by atoms with E-state index in [1.807, 2.05) is 64.1 Å². The van der Waals surface area contributed by atoms with Gasteiger partial charge in [-0.1, -0.05) is 42.5 Å². The van der Waals surface area contributed by atoms with Crippen molar-refractivity contribution in [2.24, 2.45) is 0 Å². The Balaban J connectivity index is 1.80. The lowest BCUT2D eigenvalue weighted by molar-refractivity contribution is -0.119. The molecule has 1 N–H and O–H groups in total. The van der Waals surface area contributed by atoms with Crippen molar-refractivity contribution in [1.29, 1.82) is 0 Å². The standard InChI is InChI=1S/C26H30N2O4S/c1-19(2)32-23-14-12-22(13-15-23)17-27-26(29)18-28(25-16-20(3)10-11-21(25)4)33(30,31)24-8-6-5-7-9-24/h5-16,19H,17-18H2,1-4H3,(H,27,29). The lowest BCUT2D eigenvalue weighted by atomic mass is 10.1. The highest BCUT2D eigenvalue weighted by Crippen LogP contribution is 2.27. The molecule has 0 bridgehead atoms. The first-order valence-corrected chi connectivity index (χ1v) is 12.3. The van der Waals surface area contributed by atoms with Gasteiger partial charge in [0.05, 0.1) is 16.7 Å². The maximum Gasteiger partial charge on any atom is 0.264 e. The summed E-state index contributed by atoms with van der Waals surface area (Å²) in [6.07, 6.45) is 0.0816. The SMILES string of the molecule is Cc1ccc(C)c(N(CC(=O)NCc2ccc(OC(C)C)cc2)S(=O)(=O)c2ccccc2)c1. The summed E-state index contributed by atoms with van der Waals surface area (Å²) in [7, 11) is -3.93. The molecule has 174 valence electrons. The fourth-order valence-electron chi connectivity index (χ4n) is 3.35. The molecule has 3 aromatic rings. The van der Waals surface area contributed by atoms with Gasteiger partial charge in [0, 0.05) is 6.54 Å². The average molecular weight is 467 g/mol. The first kappa shape index (κ1) is 24.3. The van der Waals surface area contributed by atoms with Crippen LogP contribution >= 0.6 is 0 Å². The second-order valence-corrected chi connectivity index (χ2v) is 10.1. The maximum absolute atomic E-state index is 13.5. The van der Waals surface area contributed by atoms with Gasteiger partial charge in [-0.3, -0.25) is 9.10 Å². The number of carbonyl (C=O) groups excluding carboxylic acids is 1. The van der Waals surface area contributed by atoms with Gasteiger partial charge in [0.2, 0.25) is 5.91 Å². The molecule has 0 radical (unpaired) electrons. The predicted octanol–water partition coefficient (Wildman–Crippen LogP) is 4.60. The molecule has 0 aliphatic carbocycles. The predicted molar refractivity (Wildman–Crippen MR) is 131 cm³/mol. The molecule has 1 amide bonds. The van der Waals surface area contributed by atoms with E-state index in [1.165, 1.54) is 16.4 Å². The van der Waals surface area contributed by atoms with Crippen LogP contribution in [0.25, 0.3) is 0 Å². The number of nitrogens with one attached hydrogen (secondary N) is 1. The van der Waals surface area contributed by atoms with E-state index < -0.39 is 15.9 Å². The van der Waals surface area contributed by atoms with E-state index in [2.05, 4.69) is 5.32 Å². The molecule has 0 unspecified atom stereocenters. The summed E-state index contributed by atoms with van der Waals surface area (Å²) in [5, 5.41) is 2.83. The Morgan fingerprint density at radius 1 is 0.970 bits per heavy atom. The third kappa shape index (κ3) is 6.35. The first-order chi connectivity index (χ1) is 15.7. The Hall–Kier alpha value is -3.32. The summed E-state index contributed by atoms with van der Waals surface area (Å²) >= 11 is 0. The molecule has 0 atom stereocenters. The molecule has 3 rings (SSSR count). The summed E-state index contributed by atoms with van der Waals surface area (Å²) in [4.78, 5) is 13.0. The smallest absolute Gasteiger partial charge is 0.264 e. The number of ether oxygens (including phenoxy) is 1. The van der Waals surface area contributed by atoms with Crippen LogP contribution in [0.3, 0.4) is 0 Å². The molecule has 33 heavy (non-hydrogen) atoms. The zero-order chi connectivity index (χ0) is 24.0. The largest absolute Gasteiger partial charge is 0.491 e. The van der Waals surface area contributed by atoms with E-state index >= 15 is 0 Å². The average Bonchev–Trinajstić information content (AvgIpc) is 2.79. The quantitative estimate of drug-likeness (QED) is 0.500. The second-order valence-electron chi connectivity index (χ2n) is 8.20. The molecule has 0 aliphatic heterocycles. The van der Waals surface area contributed by atoms with Crippen molar-refractivity contribution in [1.82, 2.24) is 5.32 Å². The number of amides is 1. The van der Waals surface area contributed by atoms with Gasteiger partial charge in [-0.15, -0.1) is 0 Å². The van der Waals surface area contributed by atoms with Crippen LogP contribution in [-0.4, -0.2) is 27.0 Å². The van der Waals surface area contributed by atoms with Crippen molar-refractivity contribution in [3.63, 3.8) is 0 Å². The molecule has 0 saturated carbocycles. The van der Waals surface area contributed by atoms with E-state index in [0.717, 1.165) is 22.4 Å². The fraction of sp³-hybridized carbons (Fsp3) is 0.269. The summed E-state index contributed by atoms with van der Waals surface area (Å²) in [6.45, 7) is 7.60. The topological polar surface area (TPSA) is 75.7 Å². The normalized spacial score (nSPS) is 11.3. The number of hydrogen-bond donors (Lipinski definition) is 1. The minimum absolute atomic E-state index is 0.0816. The summed E-state index contributed by atoms with van der Waals surface area (Å²) in [6, 6.07) is 21.2. The number of carbonyl (C=O) groups is 1. The van der Waals surface area contributed by atoms with Crippen LogP contribution in [0.5, 0.6) is 5.75 Å². The van der Waals surface area contributed by atoms with Gasteiger partial charge in [0.15, 0.2) is 0 Å². The number of anilines is 1. The third-order valence-corrected chi connectivity index (χ3v) is 6.81. The molecule has 0 spiro atoms. The van der Waals surface area contributed by atoms with E-state index in [4.69, 9.17) is 4.74 Å². The molecular formula is C26H30N2O4S. The van der Waals surface area contributed by atoms with Crippen LogP contribution in [-0.2, 0) is 21.4 Å². The summed E-state index contributed by atoms with van der Waals surface area (Å²) in [5.74, 6) is 0.369. The Morgan fingerprint density at radius 2 is 1.64 bits per heavy atom. The van der Waals surface area contributed by atoms with Gasteiger partial charge in [0.1, 0.15) is 12.3 Å². The second kappa shape index (κ2) is 10.5. The van der Waals surface area contributed by atoms with Crippen molar-refractivity contribution < 1.29 is 17.9 Å². The molecule has 3 aromatic carbocycles. The van der Waals surface area contributed by atoms with Crippen LogP contribution in [0.4, 0.5) is 5.69 Å². The summed E-state index contributed by atoms with van der Waals surface area (Å²) < 4.78 is 33.7. The highest BCUT2D eigenvalue weighted by molar-refractivity contribution is 7.92. The number of aryl methyl sites for hydroxylation is 2. The first-order valence-electron chi connectivity index (χ1n) is 10.8. The third-order valence-electron chi connectivity index (χ3n) is 5.04. The van der Waals surface area contributed by atoms with Crippen molar-refractivity contribution >= 4 is 21.6 Å². The van der Waals surface area contributed by atoms with E-state index in [9.17, 15) is 13.2 Å². The van der Waals surface area contributed by atoms with Gasteiger partial charge < -0.3 is 10.1 Å². The van der Waals surface area contributed by atoms with Crippen molar-refractivity contribution in [2.45, 2.75) is 45.2 Å². The molecule has 7 heteroatoms. The molecule has 0 heterocycles. The molecular weight excluding hydrogens is 436 g/mol. The van der Waals surface area contributed by atoms with E-state index in [1.54, 1.807) is 24.3 Å². The Morgan fingerprint density at radius 3 is 2.27 bits per heavy atom. The van der Waals surface area contributed by atoms with E-state index in [-0.39, 0.29) is 24.1 Å². The molecule has 6 nitrogen and oxygen atoms in total. The monoisotopic (exact) mass is 466 g/mol. The molecule has 0 aromatic heterocycles. The Bertz CT molecular complexity index is 1190. The Kier molecular flexibility index (Phi) is 7.76. The number of benzene rings is 3. The maximum atomic E-state index is 13.5. The number of rotatable bonds is 9. The van der Waals surface area contributed by atoms with Crippen LogP contribution in [0.15, 0.2) is 77.7 Å². The van der Waals surface area contributed by atoms with Crippen LogP contribution in [0, 0.1) is 13.8 Å². The fourth-order valence-corrected chi connectivity index (χ4v) is 4.85. The zero-order valence-corrected chi connectivity index (χ0v) is 20.2. The van der Waals surface area contributed by atoms with E-state index in [0.29, 0.717) is 5.69 Å². The van der Waals surface area contributed by atoms with Gasteiger partial charge in [-0.2, -0.15) is 0 Å². The van der Waals surface area contributed by atoms with Gasteiger partial charge in [-0.05, 0) is 74.7 Å². The number of hydrogen-bond acceptors (Lipinski definition) is 4. The Labute approximate surface area is 196 Å². The minimum Gasteiger partial charge on any atom is -0.491 e. The van der Waals surface area contributed by atoms with Gasteiger partial charge >= 0.3 is 0 Å². The van der Waals surface area contributed by atoms with Crippen molar-refractivity contribution in [2.75, 3.05) is 10.8 Å². The highest BCUT2D eigenvalue weighted by Gasteiger charge is 2.28. The van der Waals surface area contributed by atoms with Crippen molar-refractivity contribution in [3.8, 4) is 5.75 Å². The van der Waals surface area contributed by atoms with Crippen LogP contribution in [0.1, 0.15) is 30.5 Å². The number of nitrogens with zero attached hydrogens (tertiary/aromatic N) is 1. The van der Waals surface area contributed by atoms with Crippen LogP contribution < -0.4 is 14.4 Å². The van der Waals surface area contributed by atoms with Gasteiger partial charge in [0.25, 0.3) is 10.0 Å². The number of sulfonamides is 1. The molecule has 0 aliphatic rings. The molecule has 0 saturated heterocycles. The van der Waals surface area contributed by atoms with Crippen molar-refractivity contribution in [3.05, 3.63) is 89.5 Å². The minimum atomic E-state index is -3.93. The van der Waals surface area contributed by atoms with Crippen LogP contribution in [0.2, 0.25) is 0 Å². The highest BCUT2D eigenvalue weighted by atomic mass is 32.2. The van der Waals surface area contributed by atoms with Gasteiger partial charge in [-0.25, -0.2) is 8.42 Å².